The number of furan rings is 1. The maximum atomic E-state index is 13.8. The summed E-state index contributed by atoms with van der Waals surface area (Å²) in [6.07, 6.45) is 2.93. The van der Waals surface area contributed by atoms with Crippen molar-refractivity contribution in [3.63, 3.8) is 0 Å². The Morgan fingerprint density at radius 2 is 1.65 bits per heavy atom. The SMILES string of the molecule is Cl.[2H]C([2H])(Oc1ccc(C(=O)c2c(CCCC)oc3ccc(NS(C)(=O)=O)cc23)cc1)C([2H])([2H])C([2H])([2H])N(CCCC)CCCC. The van der Waals surface area contributed by atoms with Crippen LogP contribution in [-0.4, -0.2) is 51.5 Å². The second-order valence-corrected chi connectivity index (χ2v) is 11.3. The van der Waals surface area contributed by atoms with Gasteiger partial charge in [0.05, 0.1) is 21.1 Å². The molecule has 9 heteroatoms. The van der Waals surface area contributed by atoms with E-state index in [4.69, 9.17) is 17.4 Å². The minimum Gasteiger partial charge on any atom is -0.494 e. The number of unbranched alkanes of at least 4 members (excludes halogenated alkanes) is 3. The van der Waals surface area contributed by atoms with Gasteiger partial charge in [-0.05, 0) is 81.2 Å². The summed E-state index contributed by atoms with van der Waals surface area (Å²) in [5, 5.41) is 0.447. The van der Waals surface area contributed by atoms with Gasteiger partial charge in [0, 0.05) is 35.0 Å². The lowest BCUT2D eigenvalue weighted by Gasteiger charge is -2.21. The van der Waals surface area contributed by atoms with Gasteiger partial charge < -0.3 is 14.1 Å². The molecule has 0 saturated heterocycles. The Kier molecular flexibility index (Phi) is 10.5. The Hall–Kier alpha value is -2.55. The van der Waals surface area contributed by atoms with E-state index in [1.54, 1.807) is 18.2 Å². The minimum absolute atomic E-state index is 0. The van der Waals surface area contributed by atoms with Gasteiger partial charge in [0.1, 0.15) is 17.1 Å². The lowest BCUT2D eigenvalue weighted by molar-refractivity contribution is 0.103. The molecule has 3 aromatic rings. The first kappa shape index (κ1) is 25.2. The Balaban J connectivity index is 0.00000736. The number of fused-ring (bicyclic) bond motifs is 1. The van der Waals surface area contributed by atoms with Crippen LogP contribution in [0.3, 0.4) is 0 Å². The van der Waals surface area contributed by atoms with Crippen molar-refractivity contribution in [3.8, 4) is 5.75 Å². The van der Waals surface area contributed by atoms with Crippen molar-refractivity contribution in [2.75, 3.05) is 37.1 Å². The molecule has 0 unspecified atom stereocenters. The molecule has 1 heterocycles. The first-order chi connectivity index (χ1) is 21.0. The molecule has 0 radical (unpaired) electrons. The van der Waals surface area contributed by atoms with E-state index in [0.717, 1.165) is 31.9 Å². The first-order valence-electron chi connectivity index (χ1n) is 16.6. The van der Waals surface area contributed by atoms with Crippen LogP contribution in [0.15, 0.2) is 46.9 Å². The van der Waals surface area contributed by atoms with E-state index >= 15 is 0 Å². The zero-order valence-corrected chi connectivity index (χ0v) is 25.3. The number of carbonyl (C=O) groups is 1. The fourth-order valence-corrected chi connectivity index (χ4v) is 4.67. The van der Waals surface area contributed by atoms with Gasteiger partial charge in [0.15, 0.2) is 5.78 Å². The van der Waals surface area contributed by atoms with Crippen LogP contribution in [0.1, 0.15) is 95.6 Å². The van der Waals surface area contributed by atoms with E-state index in [-0.39, 0.29) is 48.3 Å². The van der Waals surface area contributed by atoms with E-state index in [9.17, 15) is 13.2 Å². The van der Waals surface area contributed by atoms with Crippen LogP contribution in [0.5, 0.6) is 5.75 Å². The Labute approximate surface area is 254 Å². The molecule has 0 aliphatic carbocycles. The fourth-order valence-electron chi connectivity index (χ4n) is 4.11. The molecule has 0 amide bonds. The van der Waals surface area contributed by atoms with Gasteiger partial charge in [0.2, 0.25) is 10.0 Å². The molecule has 222 valence electrons. The molecular formula is C31H45ClN2O5S. The summed E-state index contributed by atoms with van der Waals surface area (Å²) in [6, 6.07) is 10.2. The Morgan fingerprint density at radius 1 is 1.00 bits per heavy atom. The molecule has 0 atom stereocenters. The molecule has 7 nitrogen and oxygen atoms in total. The van der Waals surface area contributed by atoms with Gasteiger partial charge in [0.25, 0.3) is 0 Å². The maximum Gasteiger partial charge on any atom is 0.229 e. The molecule has 0 spiro atoms. The van der Waals surface area contributed by atoms with Crippen molar-refractivity contribution in [3.05, 3.63) is 59.4 Å². The maximum absolute atomic E-state index is 13.8. The smallest absolute Gasteiger partial charge is 0.229 e. The lowest BCUT2D eigenvalue weighted by atomic mass is 9.98. The number of ether oxygens (including phenoxy) is 1. The fraction of sp³-hybridized carbons (Fsp3) is 0.516. The number of ketones is 1. The van der Waals surface area contributed by atoms with Crippen molar-refractivity contribution in [1.82, 2.24) is 4.90 Å². The average molecular weight is 599 g/mol. The number of anilines is 1. The van der Waals surface area contributed by atoms with Crippen LogP contribution in [-0.2, 0) is 16.4 Å². The normalized spacial score (nSPS) is 14.8. The Bertz CT molecular complexity index is 1560. The number of hydrogen-bond donors (Lipinski definition) is 1. The minimum atomic E-state index is -3.55. The number of aryl methyl sites for hydroxylation is 1. The number of nitrogens with one attached hydrogen (secondary N) is 1. The summed E-state index contributed by atoms with van der Waals surface area (Å²) in [4.78, 5) is 15.2. The zero-order chi connectivity index (χ0) is 33.6. The highest BCUT2D eigenvalue weighted by Gasteiger charge is 2.22. The summed E-state index contributed by atoms with van der Waals surface area (Å²) in [7, 11) is -3.55. The highest BCUT2D eigenvalue weighted by molar-refractivity contribution is 7.92. The monoisotopic (exact) mass is 598 g/mol. The van der Waals surface area contributed by atoms with Gasteiger partial charge in [-0.2, -0.15) is 0 Å². The molecule has 1 aromatic heterocycles. The topological polar surface area (TPSA) is 88.8 Å². The quantitative estimate of drug-likeness (QED) is 0.153. The highest BCUT2D eigenvalue weighted by Crippen LogP contribution is 2.32. The molecule has 0 fully saturated rings. The van der Waals surface area contributed by atoms with Gasteiger partial charge in [-0.3, -0.25) is 9.52 Å². The summed E-state index contributed by atoms with van der Waals surface area (Å²) >= 11 is 0. The molecule has 0 aliphatic heterocycles. The predicted octanol–water partition coefficient (Wildman–Crippen LogP) is 7.47. The zero-order valence-electron chi connectivity index (χ0n) is 29.7. The number of halogens is 1. The highest BCUT2D eigenvalue weighted by atomic mass is 35.5. The van der Waals surface area contributed by atoms with Crippen LogP contribution in [0.4, 0.5) is 5.69 Å². The van der Waals surface area contributed by atoms with Crippen molar-refractivity contribution in [2.24, 2.45) is 0 Å². The van der Waals surface area contributed by atoms with Gasteiger partial charge in [-0.1, -0.05) is 40.0 Å². The standard InChI is InChI=1S/C31H44N2O5S.ClH/c1-5-8-12-29-30(27-23-25(32-39(4,35)36)15-18-28(27)38-29)31(34)24-13-16-26(17-14-24)37-22-11-21-33(19-9-6-2)20-10-7-3;/h13-18,23,32H,5-12,19-22H2,1-4H3;1H/i11D2,21D2,22D2;. The van der Waals surface area contributed by atoms with Gasteiger partial charge >= 0.3 is 0 Å². The van der Waals surface area contributed by atoms with Crippen LogP contribution >= 0.6 is 12.4 Å². The summed E-state index contributed by atoms with van der Waals surface area (Å²) in [5.74, 6) is 0.00371. The average Bonchev–Trinajstić information content (AvgIpc) is 3.32. The molecule has 1 N–H and O–H groups in total. The molecule has 2 aromatic carbocycles. The summed E-state index contributed by atoms with van der Waals surface area (Å²) in [6.45, 7) is 0.752. The number of benzene rings is 2. The van der Waals surface area contributed by atoms with Gasteiger partial charge in [-0.15, -0.1) is 12.4 Å². The van der Waals surface area contributed by atoms with Crippen molar-refractivity contribution in [2.45, 2.75) is 72.1 Å². The van der Waals surface area contributed by atoms with Crippen molar-refractivity contribution >= 4 is 44.9 Å². The largest absolute Gasteiger partial charge is 0.494 e. The van der Waals surface area contributed by atoms with Crippen molar-refractivity contribution in [1.29, 1.82) is 0 Å². The van der Waals surface area contributed by atoms with Crippen LogP contribution in [0, 0.1) is 0 Å². The molecular weight excluding hydrogens is 548 g/mol. The van der Waals surface area contributed by atoms with E-state index in [1.807, 2.05) is 20.8 Å². The number of nitrogens with zero attached hydrogens (tertiary/aromatic N) is 1. The molecule has 0 aliphatic rings. The van der Waals surface area contributed by atoms with E-state index in [1.165, 1.54) is 29.2 Å². The molecule has 0 bridgehead atoms. The second-order valence-electron chi connectivity index (χ2n) is 9.58. The third-order valence-electron chi connectivity index (χ3n) is 6.16. The third-order valence-corrected chi connectivity index (χ3v) is 6.77. The summed E-state index contributed by atoms with van der Waals surface area (Å²) < 4.78 is 88.8. The lowest BCUT2D eigenvalue weighted by Crippen LogP contribution is -2.28. The number of carbonyl (C=O) groups excluding carboxylic acids is 1. The van der Waals surface area contributed by atoms with Crippen LogP contribution in [0.25, 0.3) is 11.0 Å². The third kappa shape index (κ3) is 10.1. The molecule has 3 rings (SSSR count). The second kappa shape index (κ2) is 16.7. The van der Waals surface area contributed by atoms with Crippen LogP contribution < -0.4 is 9.46 Å². The van der Waals surface area contributed by atoms with E-state index in [0.29, 0.717) is 41.6 Å². The van der Waals surface area contributed by atoms with E-state index in [2.05, 4.69) is 4.72 Å². The van der Waals surface area contributed by atoms with Gasteiger partial charge in [-0.25, -0.2) is 8.42 Å². The number of hydrogen-bond acceptors (Lipinski definition) is 6. The van der Waals surface area contributed by atoms with Crippen LogP contribution in [0.2, 0.25) is 0 Å². The predicted molar refractivity (Wildman–Crippen MR) is 167 cm³/mol. The van der Waals surface area contributed by atoms with E-state index < -0.39 is 29.5 Å². The first-order valence-corrected chi connectivity index (χ1v) is 15.5. The number of rotatable bonds is 18. The number of sulfonamides is 1. The Morgan fingerprint density at radius 3 is 2.25 bits per heavy atom. The molecule has 0 saturated carbocycles. The van der Waals surface area contributed by atoms with Crippen molar-refractivity contribution < 1.29 is 30.6 Å². The molecule has 40 heavy (non-hydrogen) atoms. The summed E-state index contributed by atoms with van der Waals surface area (Å²) in [5.41, 5.74) is 1.24.